The number of para-hydroxylation sites is 1. The van der Waals surface area contributed by atoms with Crippen molar-refractivity contribution in [3.05, 3.63) is 64.7 Å². The monoisotopic (exact) mass is 330 g/mol. The molecule has 1 heterocycles. The van der Waals surface area contributed by atoms with Gasteiger partial charge in [0.05, 0.1) is 13.2 Å². The largest absolute Gasteiger partial charge is 0.496 e. The summed E-state index contributed by atoms with van der Waals surface area (Å²) >= 11 is 6.54. The van der Waals surface area contributed by atoms with Crippen molar-refractivity contribution >= 4 is 11.6 Å². The number of halogens is 1. The number of nitrogens with zero attached hydrogens (tertiary/aromatic N) is 1. The molecule has 0 saturated carbocycles. The van der Waals surface area contributed by atoms with Crippen LogP contribution in [0.25, 0.3) is 0 Å². The third-order valence-corrected chi connectivity index (χ3v) is 4.72. The zero-order chi connectivity index (χ0) is 16.1. The van der Waals surface area contributed by atoms with E-state index in [1.807, 2.05) is 24.3 Å². The highest BCUT2D eigenvalue weighted by molar-refractivity contribution is 6.31. The van der Waals surface area contributed by atoms with E-state index in [0.717, 1.165) is 48.9 Å². The Balaban J connectivity index is 2.07. The Hall–Kier alpha value is -1.55. The summed E-state index contributed by atoms with van der Waals surface area (Å²) in [6.07, 6.45) is 1.14. The van der Waals surface area contributed by atoms with Gasteiger partial charge in [0.25, 0.3) is 0 Å². The van der Waals surface area contributed by atoms with E-state index in [-0.39, 0.29) is 6.04 Å². The number of rotatable bonds is 4. The van der Waals surface area contributed by atoms with Crippen LogP contribution in [0.1, 0.15) is 23.6 Å². The number of hydrogen-bond acceptors (Lipinski definition) is 3. The lowest BCUT2D eigenvalue weighted by Gasteiger charge is -2.32. The first-order chi connectivity index (χ1) is 11.3. The van der Waals surface area contributed by atoms with E-state index >= 15 is 0 Å². The lowest BCUT2D eigenvalue weighted by atomic mass is 9.95. The van der Waals surface area contributed by atoms with E-state index in [1.54, 1.807) is 7.11 Å². The maximum absolute atomic E-state index is 6.54. The molecule has 3 nitrogen and oxygen atoms in total. The minimum atomic E-state index is 0.111. The van der Waals surface area contributed by atoms with Gasteiger partial charge < -0.3 is 10.1 Å². The smallest absolute Gasteiger partial charge is 0.123 e. The minimum absolute atomic E-state index is 0.111. The lowest BCUT2D eigenvalue weighted by Crippen LogP contribution is -2.33. The molecule has 1 aliphatic heterocycles. The second-order valence-electron chi connectivity index (χ2n) is 5.81. The summed E-state index contributed by atoms with van der Waals surface area (Å²) in [6, 6.07) is 16.5. The molecule has 0 bridgehead atoms. The second kappa shape index (κ2) is 7.82. The van der Waals surface area contributed by atoms with Gasteiger partial charge in [-0.1, -0.05) is 48.0 Å². The molecule has 0 aliphatic carbocycles. The van der Waals surface area contributed by atoms with Gasteiger partial charge in [0.2, 0.25) is 0 Å². The summed E-state index contributed by atoms with van der Waals surface area (Å²) in [5.74, 6) is 0.912. The molecular weight excluding hydrogens is 308 g/mol. The molecular formula is C19H23ClN2O. The Morgan fingerprint density at radius 1 is 1.00 bits per heavy atom. The molecule has 0 radical (unpaired) electrons. The van der Waals surface area contributed by atoms with Crippen LogP contribution in [0.4, 0.5) is 0 Å². The van der Waals surface area contributed by atoms with Crippen molar-refractivity contribution < 1.29 is 4.74 Å². The molecule has 2 aromatic rings. The van der Waals surface area contributed by atoms with Gasteiger partial charge in [-0.15, -0.1) is 0 Å². The van der Waals surface area contributed by atoms with E-state index in [0.29, 0.717) is 0 Å². The topological polar surface area (TPSA) is 24.5 Å². The highest BCUT2D eigenvalue weighted by atomic mass is 35.5. The fourth-order valence-electron chi connectivity index (χ4n) is 3.27. The Bertz CT molecular complexity index is 639. The summed E-state index contributed by atoms with van der Waals surface area (Å²) in [6.45, 7) is 4.10. The molecule has 1 unspecified atom stereocenters. The highest BCUT2D eigenvalue weighted by Gasteiger charge is 2.27. The Morgan fingerprint density at radius 2 is 1.74 bits per heavy atom. The molecule has 122 valence electrons. The molecule has 1 aliphatic rings. The third-order valence-electron chi connectivity index (χ3n) is 4.37. The molecule has 1 saturated heterocycles. The second-order valence-corrected chi connectivity index (χ2v) is 6.21. The summed E-state index contributed by atoms with van der Waals surface area (Å²) < 4.78 is 5.62. The molecule has 0 aromatic heterocycles. The fraction of sp³-hybridized carbons (Fsp3) is 0.368. The molecule has 4 heteroatoms. The van der Waals surface area contributed by atoms with Gasteiger partial charge in [0.1, 0.15) is 5.75 Å². The van der Waals surface area contributed by atoms with Gasteiger partial charge in [0.15, 0.2) is 0 Å². The van der Waals surface area contributed by atoms with Crippen LogP contribution in [0.5, 0.6) is 5.75 Å². The molecule has 0 amide bonds. The van der Waals surface area contributed by atoms with Gasteiger partial charge in [-0.2, -0.15) is 0 Å². The quantitative estimate of drug-likeness (QED) is 0.924. The molecule has 0 spiro atoms. The molecule has 1 fully saturated rings. The maximum Gasteiger partial charge on any atom is 0.123 e. The van der Waals surface area contributed by atoms with Crippen LogP contribution in [0.15, 0.2) is 48.5 Å². The number of nitrogens with one attached hydrogen (secondary N) is 1. The van der Waals surface area contributed by atoms with Crippen molar-refractivity contribution in [3.63, 3.8) is 0 Å². The van der Waals surface area contributed by atoms with E-state index in [2.05, 4.69) is 34.5 Å². The van der Waals surface area contributed by atoms with E-state index in [9.17, 15) is 0 Å². The first-order valence-corrected chi connectivity index (χ1v) is 8.51. The fourth-order valence-corrected chi connectivity index (χ4v) is 3.51. The van der Waals surface area contributed by atoms with Crippen LogP contribution < -0.4 is 10.1 Å². The van der Waals surface area contributed by atoms with Crippen LogP contribution in [-0.4, -0.2) is 38.2 Å². The average molecular weight is 331 g/mol. The zero-order valence-corrected chi connectivity index (χ0v) is 14.2. The number of ether oxygens (including phenoxy) is 1. The van der Waals surface area contributed by atoms with Gasteiger partial charge in [0, 0.05) is 30.2 Å². The SMILES string of the molecule is COc1ccccc1C(c1ccccc1Cl)N1CCCNCC1. The third kappa shape index (κ3) is 3.69. The maximum atomic E-state index is 6.54. The van der Waals surface area contributed by atoms with Crippen LogP contribution in [0.2, 0.25) is 5.02 Å². The molecule has 2 aromatic carbocycles. The van der Waals surface area contributed by atoms with Crippen molar-refractivity contribution in [2.75, 3.05) is 33.3 Å². The van der Waals surface area contributed by atoms with E-state index in [4.69, 9.17) is 16.3 Å². The number of hydrogen-bond donors (Lipinski definition) is 1. The van der Waals surface area contributed by atoms with E-state index in [1.165, 1.54) is 5.56 Å². The van der Waals surface area contributed by atoms with Crippen molar-refractivity contribution in [2.45, 2.75) is 12.5 Å². The predicted octanol–water partition coefficient (Wildman–Crippen LogP) is 3.73. The summed E-state index contributed by atoms with van der Waals surface area (Å²) in [7, 11) is 1.73. The standard InChI is InChI=1S/C19H23ClN2O/c1-23-18-10-5-3-8-16(18)19(15-7-2-4-9-17(15)20)22-13-6-11-21-12-14-22/h2-5,7-10,19,21H,6,11-14H2,1H3. The van der Waals surface area contributed by atoms with Crippen molar-refractivity contribution in [1.29, 1.82) is 0 Å². The molecule has 23 heavy (non-hydrogen) atoms. The molecule has 1 atom stereocenters. The van der Waals surface area contributed by atoms with Crippen LogP contribution in [0, 0.1) is 0 Å². The minimum Gasteiger partial charge on any atom is -0.496 e. The first-order valence-electron chi connectivity index (χ1n) is 8.13. The highest BCUT2D eigenvalue weighted by Crippen LogP contribution is 2.37. The van der Waals surface area contributed by atoms with Gasteiger partial charge in [-0.25, -0.2) is 0 Å². The van der Waals surface area contributed by atoms with Crippen LogP contribution in [-0.2, 0) is 0 Å². The van der Waals surface area contributed by atoms with Gasteiger partial charge >= 0.3 is 0 Å². The molecule has 1 N–H and O–H groups in total. The van der Waals surface area contributed by atoms with Crippen molar-refractivity contribution in [1.82, 2.24) is 10.2 Å². The normalized spacial score (nSPS) is 17.5. The average Bonchev–Trinajstić information content (AvgIpc) is 2.87. The predicted molar refractivity (Wildman–Crippen MR) is 95.3 cm³/mol. The Labute approximate surface area is 143 Å². The van der Waals surface area contributed by atoms with Gasteiger partial charge in [-0.05, 0) is 30.7 Å². The first kappa shape index (κ1) is 16.3. The van der Waals surface area contributed by atoms with Crippen molar-refractivity contribution in [3.8, 4) is 5.75 Å². The lowest BCUT2D eigenvalue weighted by molar-refractivity contribution is 0.236. The van der Waals surface area contributed by atoms with Crippen molar-refractivity contribution in [2.24, 2.45) is 0 Å². The Morgan fingerprint density at radius 3 is 2.52 bits per heavy atom. The van der Waals surface area contributed by atoms with E-state index < -0.39 is 0 Å². The summed E-state index contributed by atoms with van der Waals surface area (Å²) in [5.41, 5.74) is 2.31. The van der Waals surface area contributed by atoms with Gasteiger partial charge in [-0.3, -0.25) is 4.90 Å². The van der Waals surface area contributed by atoms with Crippen LogP contribution >= 0.6 is 11.6 Å². The Kier molecular flexibility index (Phi) is 5.55. The zero-order valence-electron chi connectivity index (χ0n) is 13.5. The number of methoxy groups -OCH3 is 1. The summed E-state index contributed by atoms with van der Waals surface area (Å²) in [5, 5.41) is 4.28. The number of benzene rings is 2. The van der Waals surface area contributed by atoms with Crippen LogP contribution in [0.3, 0.4) is 0 Å². The summed E-state index contributed by atoms with van der Waals surface area (Å²) in [4.78, 5) is 2.50. The molecule has 3 rings (SSSR count).